The number of nitrogens with one attached hydrogen (secondary N) is 1. The van der Waals surface area contributed by atoms with E-state index < -0.39 is 6.09 Å². The van der Waals surface area contributed by atoms with Gasteiger partial charge in [-0.05, 0) is 56.6 Å². The average molecular weight is 388 g/mol. The van der Waals surface area contributed by atoms with E-state index in [-0.39, 0.29) is 18.8 Å². The molecule has 1 saturated carbocycles. The van der Waals surface area contributed by atoms with Crippen LogP contribution in [0.4, 0.5) is 10.5 Å². The molecule has 2 amide bonds. The number of rotatable bonds is 5. The molecule has 2 aliphatic heterocycles. The molecule has 1 aliphatic carbocycles. The van der Waals surface area contributed by atoms with Crippen LogP contribution >= 0.6 is 0 Å². The number of benzene rings is 1. The molecular formula is C21H28N2O5. The maximum atomic E-state index is 12.8. The number of hydrogen-bond acceptors (Lipinski definition) is 5. The van der Waals surface area contributed by atoms with Gasteiger partial charge in [0.1, 0.15) is 0 Å². The third-order valence-corrected chi connectivity index (χ3v) is 6.26. The van der Waals surface area contributed by atoms with Crippen molar-refractivity contribution in [1.29, 1.82) is 0 Å². The molecular weight excluding hydrogens is 360 g/mol. The summed E-state index contributed by atoms with van der Waals surface area (Å²) in [5.74, 6) is 2.32. The number of ether oxygens (including phenoxy) is 3. The Hall–Kier alpha value is -2.44. The Kier molecular flexibility index (Phi) is 5.33. The van der Waals surface area contributed by atoms with Crippen LogP contribution in [0.15, 0.2) is 18.2 Å². The van der Waals surface area contributed by atoms with Crippen molar-refractivity contribution in [2.75, 3.05) is 31.8 Å². The van der Waals surface area contributed by atoms with Crippen LogP contribution in [0.25, 0.3) is 0 Å². The molecule has 7 heteroatoms. The Morgan fingerprint density at radius 2 is 2.04 bits per heavy atom. The lowest BCUT2D eigenvalue weighted by Gasteiger charge is -2.34. The van der Waals surface area contributed by atoms with E-state index in [1.54, 1.807) is 18.2 Å². The first-order valence-corrected chi connectivity index (χ1v) is 10.2. The van der Waals surface area contributed by atoms with Crippen LogP contribution in [-0.2, 0) is 9.53 Å². The quantitative estimate of drug-likeness (QED) is 0.777. The average Bonchev–Trinajstić information content (AvgIpc) is 3.27. The Bertz CT molecular complexity index is 742. The first-order chi connectivity index (χ1) is 13.6. The molecule has 1 aromatic carbocycles. The lowest BCUT2D eigenvalue weighted by molar-refractivity contribution is -0.138. The monoisotopic (exact) mass is 388 g/mol. The molecule has 0 aromatic heterocycles. The summed E-state index contributed by atoms with van der Waals surface area (Å²) in [7, 11) is 0. The summed E-state index contributed by atoms with van der Waals surface area (Å²) < 4.78 is 15.8. The minimum atomic E-state index is -0.510. The topological polar surface area (TPSA) is 77.1 Å². The summed E-state index contributed by atoms with van der Waals surface area (Å²) >= 11 is 0. The summed E-state index contributed by atoms with van der Waals surface area (Å²) in [6.07, 6.45) is 5.47. The van der Waals surface area contributed by atoms with Crippen LogP contribution in [0.2, 0.25) is 0 Å². The van der Waals surface area contributed by atoms with Gasteiger partial charge in [-0.15, -0.1) is 0 Å². The second-order valence-corrected chi connectivity index (χ2v) is 8.19. The maximum absolute atomic E-state index is 12.8. The van der Waals surface area contributed by atoms with Crippen molar-refractivity contribution >= 4 is 17.7 Å². The first-order valence-electron chi connectivity index (χ1n) is 10.2. The third-order valence-electron chi connectivity index (χ3n) is 6.26. The molecule has 1 saturated heterocycles. The number of hydrogen-bond donors (Lipinski definition) is 1. The lowest BCUT2D eigenvalue weighted by Crippen LogP contribution is -2.37. The van der Waals surface area contributed by atoms with E-state index in [9.17, 15) is 9.59 Å². The van der Waals surface area contributed by atoms with Gasteiger partial charge < -0.3 is 19.1 Å². The molecule has 152 valence electrons. The first kappa shape index (κ1) is 18.9. The fourth-order valence-electron chi connectivity index (χ4n) is 4.43. The van der Waals surface area contributed by atoms with E-state index in [4.69, 9.17) is 14.2 Å². The highest BCUT2D eigenvalue weighted by Crippen LogP contribution is 2.46. The second kappa shape index (κ2) is 7.89. The molecule has 1 N–H and O–H groups in total. The summed E-state index contributed by atoms with van der Waals surface area (Å²) in [5, 5.41) is 2.68. The van der Waals surface area contributed by atoms with Crippen molar-refractivity contribution in [1.82, 2.24) is 4.90 Å². The van der Waals surface area contributed by atoms with Gasteiger partial charge in [0.15, 0.2) is 11.5 Å². The van der Waals surface area contributed by atoms with E-state index in [0.717, 1.165) is 44.6 Å². The Morgan fingerprint density at radius 1 is 1.25 bits per heavy atom. The molecule has 0 bridgehead atoms. The van der Waals surface area contributed by atoms with Crippen LogP contribution in [0.5, 0.6) is 11.5 Å². The number of likely N-dealkylation sites (tertiary alicyclic amines) is 1. The predicted molar refractivity (Wildman–Crippen MR) is 103 cm³/mol. The molecule has 7 nitrogen and oxygen atoms in total. The number of nitrogens with zero attached hydrogens (tertiary/aromatic N) is 1. The van der Waals surface area contributed by atoms with Crippen LogP contribution in [-0.4, -0.2) is 43.4 Å². The molecule has 1 aromatic rings. The maximum Gasteiger partial charge on any atom is 0.411 e. The van der Waals surface area contributed by atoms with Crippen molar-refractivity contribution < 1.29 is 23.8 Å². The normalized spacial score (nSPS) is 26.0. The van der Waals surface area contributed by atoms with Crippen LogP contribution in [0, 0.1) is 11.3 Å². The summed E-state index contributed by atoms with van der Waals surface area (Å²) in [5.41, 5.74) is 0.488. The number of fused-ring (bicyclic) bond motifs is 1. The number of carbonyl (C=O) groups is 2. The highest BCUT2D eigenvalue weighted by molar-refractivity contribution is 5.85. The van der Waals surface area contributed by atoms with Gasteiger partial charge in [0, 0.05) is 24.8 Å². The fraction of sp³-hybridized carbons (Fsp3) is 0.619. The largest absolute Gasteiger partial charge is 0.454 e. The van der Waals surface area contributed by atoms with Gasteiger partial charge >= 0.3 is 6.09 Å². The van der Waals surface area contributed by atoms with Gasteiger partial charge in [-0.3, -0.25) is 10.1 Å². The predicted octanol–water partition coefficient (Wildman–Crippen LogP) is 3.78. The highest BCUT2D eigenvalue weighted by atomic mass is 16.7. The van der Waals surface area contributed by atoms with Crippen molar-refractivity contribution in [3.05, 3.63) is 18.2 Å². The van der Waals surface area contributed by atoms with Crippen molar-refractivity contribution in [3.8, 4) is 11.5 Å². The second-order valence-electron chi connectivity index (χ2n) is 8.19. The van der Waals surface area contributed by atoms with Gasteiger partial charge in [0.2, 0.25) is 12.7 Å². The zero-order valence-corrected chi connectivity index (χ0v) is 16.4. The molecule has 0 unspecified atom stereocenters. The van der Waals surface area contributed by atoms with Crippen LogP contribution in [0.1, 0.15) is 45.4 Å². The fourth-order valence-corrected chi connectivity index (χ4v) is 4.43. The molecule has 2 heterocycles. The van der Waals surface area contributed by atoms with Crippen LogP contribution in [0.3, 0.4) is 0 Å². The van der Waals surface area contributed by atoms with Gasteiger partial charge in [-0.25, -0.2) is 4.79 Å². The Balaban J connectivity index is 1.18. The summed E-state index contributed by atoms with van der Waals surface area (Å²) in [4.78, 5) is 26.7. The summed E-state index contributed by atoms with van der Waals surface area (Å²) in [6, 6.07) is 5.19. The van der Waals surface area contributed by atoms with Crippen molar-refractivity contribution in [3.63, 3.8) is 0 Å². The number of amides is 2. The van der Waals surface area contributed by atoms with E-state index in [2.05, 4.69) is 12.2 Å². The Labute approximate surface area is 165 Å². The zero-order valence-electron chi connectivity index (χ0n) is 16.4. The molecule has 1 spiro atoms. The van der Waals surface area contributed by atoms with E-state index in [1.807, 2.05) is 4.90 Å². The molecule has 4 rings (SSSR count). The standard InChI is InChI=1S/C21H28N2O5/c1-15-5-7-21(8-6-15)9-11-23(19(21)24)10-2-12-26-20(25)22-16-3-4-17-18(13-16)28-14-27-17/h3-4,13,15H,2,5-12,14H2,1H3,(H,22,25). The smallest absolute Gasteiger partial charge is 0.411 e. The minimum absolute atomic E-state index is 0.107. The van der Waals surface area contributed by atoms with Gasteiger partial charge in [-0.2, -0.15) is 0 Å². The van der Waals surface area contributed by atoms with Crippen molar-refractivity contribution in [2.24, 2.45) is 11.3 Å². The molecule has 3 aliphatic rings. The molecule has 0 radical (unpaired) electrons. The van der Waals surface area contributed by atoms with E-state index in [1.165, 1.54) is 0 Å². The zero-order chi connectivity index (χ0) is 19.6. The SMILES string of the molecule is CC1CCC2(CC1)CCN(CCCOC(=O)Nc1ccc3c(c1)OCO3)C2=O. The van der Waals surface area contributed by atoms with E-state index in [0.29, 0.717) is 36.1 Å². The number of carbonyl (C=O) groups excluding carboxylic acids is 2. The van der Waals surface area contributed by atoms with Crippen molar-refractivity contribution in [2.45, 2.75) is 45.4 Å². The minimum Gasteiger partial charge on any atom is -0.454 e. The van der Waals surface area contributed by atoms with Crippen LogP contribution < -0.4 is 14.8 Å². The Morgan fingerprint density at radius 3 is 2.86 bits per heavy atom. The molecule has 0 atom stereocenters. The van der Waals surface area contributed by atoms with Gasteiger partial charge in [-0.1, -0.05) is 6.92 Å². The van der Waals surface area contributed by atoms with E-state index >= 15 is 0 Å². The molecule has 2 fully saturated rings. The third kappa shape index (κ3) is 3.88. The summed E-state index contributed by atoms with van der Waals surface area (Å²) in [6.45, 7) is 4.23. The van der Waals surface area contributed by atoms with Gasteiger partial charge in [0.25, 0.3) is 0 Å². The van der Waals surface area contributed by atoms with Gasteiger partial charge in [0.05, 0.1) is 12.0 Å². The molecule has 28 heavy (non-hydrogen) atoms. The highest BCUT2D eigenvalue weighted by Gasteiger charge is 2.47. The number of anilines is 1. The lowest BCUT2D eigenvalue weighted by atomic mass is 9.70.